The number of benzene rings is 2. The van der Waals surface area contributed by atoms with Gasteiger partial charge in [-0.3, -0.25) is 9.48 Å². The highest BCUT2D eigenvalue weighted by molar-refractivity contribution is 6.14. The van der Waals surface area contributed by atoms with E-state index in [2.05, 4.69) is 30.8 Å². The van der Waals surface area contributed by atoms with E-state index in [1.807, 2.05) is 6.92 Å². The Bertz CT molecular complexity index is 1510. The average molecular weight is 459 g/mol. The van der Waals surface area contributed by atoms with Crippen molar-refractivity contribution in [3.05, 3.63) is 66.5 Å². The standard InChI is InChI=1S/C23H22FN9O/c1-13(25)10-26-19-5-4-16(21-17(19)11-27-23(30-21)33-7-3-6-28-33)22(34)29-15-8-14-12-32(2)31-20(14)18(24)9-15/h3-9,11-13,26H,10,25H2,1-2H3,(H,29,34)/t13-/m1/s1. The van der Waals surface area contributed by atoms with E-state index in [0.29, 0.717) is 40.0 Å². The van der Waals surface area contributed by atoms with Gasteiger partial charge in [0.15, 0.2) is 5.82 Å². The third-order valence-electron chi connectivity index (χ3n) is 5.24. The van der Waals surface area contributed by atoms with Crippen LogP contribution in [0.4, 0.5) is 15.8 Å². The highest BCUT2D eigenvalue weighted by atomic mass is 19.1. The van der Waals surface area contributed by atoms with Crippen LogP contribution in [0, 0.1) is 5.82 Å². The number of carbonyl (C=O) groups is 1. The van der Waals surface area contributed by atoms with Crippen molar-refractivity contribution >= 4 is 39.1 Å². The van der Waals surface area contributed by atoms with Gasteiger partial charge in [-0.2, -0.15) is 10.2 Å². The van der Waals surface area contributed by atoms with Gasteiger partial charge in [0, 0.05) is 66.6 Å². The number of aromatic nitrogens is 6. The Hall–Kier alpha value is -4.38. The maximum Gasteiger partial charge on any atom is 0.257 e. The van der Waals surface area contributed by atoms with Crippen LogP contribution in [0.15, 0.2) is 55.1 Å². The zero-order valence-electron chi connectivity index (χ0n) is 18.5. The fourth-order valence-corrected chi connectivity index (χ4v) is 3.70. The Morgan fingerprint density at radius 1 is 1.26 bits per heavy atom. The lowest BCUT2D eigenvalue weighted by Gasteiger charge is -2.14. The number of rotatable bonds is 6. The van der Waals surface area contributed by atoms with Crippen molar-refractivity contribution in [3.8, 4) is 5.95 Å². The molecule has 2 aromatic carbocycles. The fraction of sp³-hybridized carbons (Fsp3) is 0.174. The van der Waals surface area contributed by atoms with Crippen LogP contribution in [-0.2, 0) is 7.05 Å². The molecule has 3 heterocycles. The molecule has 4 N–H and O–H groups in total. The summed E-state index contributed by atoms with van der Waals surface area (Å²) in [6, 6.07) is 8.05. The summed E-state index contributed by atoms with van der Waals surface area (Å²) in [6.45, 7) is 2.42. The summed E-state index contributed by atoms with van der Waals surface area (Å²) >= 11 is 0. The molecule has 0 spiro atoms. The zero-order valence-corrected chi connectivity index (χ0v) is 18.5. The van der Waals surface area contributed by atoms with E-state index in [9.17, 15) is 9.18 Å². The molecule has 3 aromatic heterocycles. The molecule has 0 aliphatic rings. The van der Waals surface area contributed by atoms with Crippen molar-refractivity contribution in [3.63, 3.8) is 0 Å². The molecule has 0 radical (unpaired) electrons. The topological polar surface area (TPSA) is 129 Å². The van der Waals surface area contributed by atoms with Gasteiger partial charge in [-0.05, 0) is 37.3 Å². The van der Waals surface area contributed by atoms with E-state index >= 15 is 0 Å². The average Bonchev–Trinajstić information content (AvgIpc) is 3.46. The van der Waals surface area contributed by atoms with E-state index in [-0.39, 0.29) is 11.6 Å². The van der Waals surface area contributed by atoms with Gasteiger partial charge in [0.2, 0.25) is 0 Å². The molecule has 0 fully saturated rings. The minimum atomic E-state index is -0.517. The Kier molecular flexibility index (Phi) is 5.38. The van der Waals surface area contributed by atoms with Crippen LogP contribution in [0.25, 0.3) is 27.8 Å². The Morgan fingerprint density at radius 3 is 2.88 bits per heavy atom. The molecule has 0 bridgehead atoms. The molecule has 34 heavy (non-hydrogen) atoms. The van der Waals surface area contributed by atoms with E-state index in [4.69, 9.17) is 5.73 Å². The minimum Gasteiger partial charge on any atom is -0.383 e. The second kappa shape index (κ2) is 8.52. The van der Waals surface area contributed by atoms with Crippen molar-refractivity contribution < 1.29 is 9.18 Å². The number of nitrogens with zero attached hydrogens (tertiary/aromatic N) is 6. The first-order valence-electron chi connectivity index (χ1n) is 10.6. The maximum absolute atomic E-state index is 14.5. The van der Waals surface area contributed by atoms with E-state index < -0.39 is 11.7 Å². The summed E-state index contributed by atoms with van der Waals surface area (Å²) in [7, 11) is 1.71. The number of nitrogens with one attached hydrogen (secondary N) is 2. The molecule has 0 aliphatic carbocycles. The van der Waals surface area contributed by atoms with E-state index in [0.717, 1.165) is 5.69 Å². The first-order valence-corrected chi connectivity index (χ1v) is 10.6. The summed E-state index contributed by atoms with van der Waals surface area (Å²) in [5.74, 6) is -0.632. The van der Waals surface area contributed by atoms with Gasteiger partial charge in [-0.15, -0.1) is 0 Å². The largest absolute Gasteiger partial charge is 0.383 e. The second-order valence-corrected chi connectivity index (χ2v) is 8.05. The summed E-state index contributed by atoms with van der Waals surface area (Å²) < 4.78 is 17.5. The number of hydrogen-bond donors (Lipinski definition) is 3. The Morgan fingerprint density at radius 2 is 2.12 bits per heavy atom. The fourth-order valence-electron chi connectivity index (χ4n) is 3.70. The number of halogens is 1. The first-order chi connectivity index (χ1) is 16.4. The van der Waals surface area contributed by atoms with Crippen molar-refractivity contribution in [2.75, 3.05) is 17.2 Å². The van der Waals surface area contributed by atoms with Gasteiger partial charge in [0.05, 0.1) is 11.1 Å². The SMILES string of the molecule is C[C@@H](N)CNc1ccc(C(=O)Nc2cc(F)c3nn(C)cc3c2)c2nc(-n3cccn3)ncc12. The van der Waals surface area contributed by atoms with Crippen molar-refractivity contribution in [1.29, 1.82) is 0 Å². The molecule has 5 rings (SSSR count). The van der Waals surface area contributed by atoms with Gasteiger partial charge in [-0.1, -0.05) is 0 Å². The minimum absolute atomic E-state index is 0.0698. The number of carbonyl (C=O) groups excluding carboxylic acids is 1. The number of hydrogen-bond acceptors (Lipinski definition) is 7. The summed E-state index contributed by atoms with van der Waals surface area (Å²) in [6.07, 6.45) is 6.66. The third kappa shape index (κ3) is 4.04. The van der Waals surface area contributed by atoms with Gasteiger partial charge >= 0.3 is 0 Å². The summed E-state index contributed by atoms with van der Waals surface area (Å²) in [4.78, 5) is 22.3. The third-order valence-corrected chi connectivity index (χ3v) is 5.24. The molecular formula is C23H22FN9O. The van der Waals surface area contributed by atoms with Gasteiger partial charge < -0.3 is 16.4 Å². The van der Waals surface area contributed by atoms with Crippen molar-refractivity contribution in [1.82, 2.24) is 29.5 Å². The second-order valence-electron chi connectivity index (χ2n) is 8.05. The highest BCUT2D eigenvalue weighted by Gasteiger charge is 2.18. The number of anilines is 2. The molecule has 0 aliphatic heterocycles. The Balaban J connectivity index is 1.56. The predicted octanol–water partition coefficient (Wildman–Crippen LogP) is 2.85. The summed E-state index contributed by atoms with van der Waals surface area (Å²) in [5.41, 5.74) is 7.93. The first kappa shape index (κ1) is 21.5. The van der Waals surface area contributed by atoms with Crippen LogP contribution in [0.3, 0.4) is 0 Å². The molecule has 5 aromatic rings. The Labute approximate surface area is 193 Å². The van der Waals surface area contributed by atoms with E-state index in [1.165, 1.54) is 15.4 Å². The summed E-state index contributed by atoms with van der Waals surface area (Å²) in [5, 5.41) is 15.5. The molecule has 0 saturated carbocycles. The number of aryl methyl sites for hydroxylation is 1. The lowest BCUT2D eigenvalue weighted by atomic mass is 10.1. The highest BCUT2D eigenvalue weighted by Crippen LogP contribution is 2.27. The van der Waals surface area contributed by atoms with Crippen molar-refractivity contribution in [2.45, 2.75) is 13.0 Å². The van der Waals surface area contributed by atoms with Gasteiger partial charge in [-0.25, -0.2) is 19.0 Å². The van der Waals surface area contributed by atoms with Crippen molar-refractivity contribution in [2.24, 2.45) is 12.8 Å². The monoisotopic (exact) mass is 459 g/mol. The quantitative estimate of drug-likeness (QED) is 0.356. The molecule has 1 amide bonds. The normalized spacial score (nSPS) is 12.2. The molecule has 0 saturated heterocycles. The van der Waals surface area contributed by atoms with E-state index in [1.54, 1.807) is 56.1 Å². The number of amides is 1. The van der Waals surface area contributed by atoms with Gasteiger partial charge in [0.25, 0.3) is 11.9 Å². The molecule has 11 heteroatoms. The maximum atomic E-state index is 14.5. The van der Waals surface area contributed by atoms with Crippen LogP contribution in [-0.4, -0.2) is 48.0 Å². The lowest BCUT2D eigenvalue weighted by Crippen LogP contribution is -2.25. The molecule has 0 unspecified atom stereocenters. The van der Waals surface area contributed by atoms with Crippen LogP contribution in [0.2, 0.25) is 0 Å². The van der Waals surface area contributed by atoms with Crippen LogP contribution in [0.1, 0.15) is 17.3 Å². The van der Waals surface area contributed by atoms with Gasteiger partial charge in [0.1, 0.15) is 5.52 Å². The lowest BCUT2D eigenvalue weighted by molar-refractivity contribution is 0.102. The number of nitrogens with two attached hydrogens (primary N) is 1. The molecule has 1 atom stereocenters. The van der Waals surface area contributed by atoms with Crippen LogP contribution >= 0.6 is 0 Å². The smallest absolute Gasteiger partial charge is 0.257 e. The zero-order chi connectivity index (χ0) is 23.8. The van der Waals surface area contributed by atoms with Crippen LogP contribution < -0.4 is 16.4 Å². The molecular weight excluding hydrogens is 437 g/mol. The molecule has 172 valence electrons. The van der Waals surface area contributed by atoms with Crippen LogP contribution in [0.5, 0.6) is 0 Å². The molecule has 10 nitrogen and oxygen atoms in total. The predicted molar refractivity (Wildman–Crippen MR) is 127 cm³/mol. The number of fused-ring (bicyclic) bond motifs is 2.